The van der Waals surface area contributed by atoms with Crippen LogP contribution in [0.2, 0.25) is 0 Å². The van der Waals surface area contributed by atoms with E-state index in [9.17, 15) is 14.4 Å². The highest BCUT2D eigenvalue weighted by atomic mass is 79.9. The number of halogens is 1. The number of carbonyl (C=O) groups is 3. The van der Waals surface area contributed by atoms with E-state index in [0.29, 0.717) is 3.79 Å². The highest BCUT2D eigenvalue weighted by Crippen LogP contribution is 2.31. The fourth-order valence-corrected chi connectivity index (χ4v) is 2.51. The Morgan fingerprint density at radius 1 is 1.44 bits per heavy atom. The normalized spacial score (nSPS) is 11.7. The van der Waals surface area contributed by atoms with Gasteiger partial charge in [0, 0.05) is 0 Å². The van der Waals surface area contributed by atoms with Crippen LogP contribution in [0.3, 0.4) is 0 Å². The zero-order valence-corrected chi connectivity index (χ0v) is 11.6. The lowest BCUT2D eigenvalue weighted by atomic mass is 10.3. The summed E-state index contributed by atoms with van der Waals surface area (Å²) < 4.78 is 5.13. The monoisotopic (exact) mass is 335 g/mol. The first-order chi connectivity index (χ1) is 8.31. The van der Waals surface area contributed by atoms with Gasteiger partial charge in [-0.1, -0.05) is 0 Å². The molecule has 0 saturated heterocycles. The van der Waals surface area contributed by atoms with Crippen molar-refractivity contribution >= 4 is 50.9 Å². The lowest BCUT2D eigenvalue weighted by molar-refractivity contribution is -0.123. The van der Waals surface area contributed by atoms with Crippen molar-refractivity contribution in [3.8, 4) is 0 Å². The minimum atomic E-state index is -1.07. The maximum Gasteiger partial charge on any atom is 0.405 e. The molecule has 1 aromatic heterocycles. The fourth-order valence-electron chi connectivity index (χ4n) is 1.10. The third-order valence-corrected chi connectivity index (χ3v) is 3.50. The van der Waals surface area contributed by atoms with E-state index in [1.807, 2.05) is 0 Å². The molecule has 1 rings (SSSR count). The van der Waals surface area contributed by atoms with Crippen molar-refractivity contribution in [1.82, 2.24) is 0 Å². The lowest BCUT2D eigenvalue weighted by Gasteiger charge is -2.11. The summed E-state index contributed by atoms with van der Waals surface area (Å²) in [5.41, 5.74) is 10.2. The highest BCUT2D eigenvalue weighted by molar-refractivity contribution is 9.11. The minimum absolute atomic E-state index is 0.196. The SMILES string of the molecule is C[C@H](OC(N)=O)C(=O)Nc1cc(Br)sc1C(N)=O. The van der Waals surface area contributed by atoms with Crippen LogP contribution in [0.15, 0.2) is 9.85 Å². The molecule has 7 nitrogen and oxygen atoms in total. The Morgan fingerprint density at radius 3 is 2.56 bits per heavy atom. The number of thiophene rings is 1. The largest absolute Gasteiger partial charge is 0.437 e. The van der Waals surface area contributed by atoms with E-state index < -0.39 is 24.0 Å². The van der Waals surface area contributed by atoms with Gasteiger partial charge in [0.2, 0.25) is 0 Å². The average molecular weight is 336 g/mol. The molecule has 5 N–H and O–H groups in total. The predicted octanol–water partition coefficient (Wildman–Crippen LogP) is 1.03. The molecule has 18 heavy (non-hydrogen) atoms. The summed E-state index contributed by atoms with van der Waals surface area (Å²) >= 11 is 4.26. The number of amides is 3. The predicted molar refractivity (Wildman–Crippen MR) is 69.3 cm³/mol. The van der Waals surface area contributed by atoms with Crippen molar-refractivity contribution in [2.75, 3.05) is 5.32 Å². The van der Waals surface area contributed by atoms with Gasteiger partial charge in [0.25, 0.3) is 11.8 Å². The van der Waals surface area contributed by atoms with E-state index in [-0.39, 0.29) is 10.6 Å². The number of anilines is 1. The van der Waals surface area contributed by atoms with Crippen molar-refractivity contribution in [1.29, 1.82) is 0 Å². The van der Waals surface area contributed by atoms with Gasteiger partial charge in [0.05, 0.1) is 9.47 Å². The summed E-state index contributed by atoms with van der Waals surface area (Å²) in [7, 11) is 0. The van der Waals surface area contributed by atoms with Crippen LogP contribution in [0.4, 0.5) is 10.5 Å². The van der Waals surface area contributed by atoms with Crippen LogP contribution in [0, 0.1) is 0 Å². The van der Waals surface area contributed by atoms with E-state index >= 15 is 0 Å². The number of nitrogens with one attached hydrogen (secondary N) is 1. The summed E-state index contributed by atoms with van der Waals surface area (Å²) in [6.07, 6.45) is -2.12. The Bertz CT molecular complexity index is 502. The second-order valence-electron chi connectivity index (χ2n) is 3.23. The van der Waals surface area contributed by atoms with Gasteiger partial charge in [-0.2, -0.15) is 0 Å². The Balaban J connectivity index is 2.81. The Hall–Kier alpha value is -1.61. The summed E-state index contributed by atoms with van der Waals surface area (Å²) in [4.78, 5) is 33.4. The van der Waals surface area contributed by atoms with Crippen molar-refractivity contribution in [2.24, 2.45) is 11.5 Å². The molecular formula is C9H10BrN3O4S. The maximum atomic E-state index is 11.6. The average Bonchev–Trinajstić information content (AvgIpc) is 2.58. The molecule has 3 amide bonds. The first kappa shape index (κ1) is 14.5. The molecular weight excluding hydrogens is 326 g/mol. The quantitative estimate of drug-likeness (QED) is 0.759. The molecule has 0 aliphatic rings. The van der Waals surface area contributed by atoms with Crippen LogP contribution < -0.4 is 16.8 Å². The molecule has 1 heterocycles. The smallest absolute Gasteiger partial charge is 0.405 e. The number of ether oxygens (including phenoxy) is 1. The fraction of sp³-hybridized carbons (Fsp3) is 0.222. The molecule has 0 bridgehead atoms. The van der Waals surface area contributed by atoms with Gasteiger partial charge in [-0.05, 0) is 28.9 Å². The standard InChI is InChI=1S/C9H10BrN3O4S/c1-3(17-9(12)16)8(15)13-4-2-5(10)18-6(4)7(11)14/h2-3H,1H3,(H2,11,14)(H2,12,16)(H,13,15)/t3-/m0/s1. The summed E-state index contributed by atoms with van der Waals surface area (Å²) in [5, 5.41) is 2.43. The first-order valence-electron chi connectivity index (χ1n) is 4.67. The van der Waals surface area contributed by atoms with E-state index in [2.05, 4.69) is 26.0 Å². The first-order valence-corrected chi connectivity index (χ1v) is 6.28. The number of carbonyl (C=O) groups excluding carboxylic acids is 3. The molecule has 1 atom stereocenters. The molecule has 98 valence electrons. The van der Waals surface area contributed by atoms with Crippen LogP contribution in [0.25, 0.3) is 0 Å². The highest BCUT2D eigenvalue weighted by Gasteiger charge is 2.20. The summed E-state index contributed by atoms with van der Waals surface area (Å²) in [5.74, 6) is -1.27. The van der Waals surface area contributed by atoms with Crippen LogP contribution in [-0.4, -0.2) is 24.0 Å². The second kappa shape index (κ2) is 5.83. The molecule has 0 saturated carbocycles. The molecule has 0 unspecified atom stereocenters. The van der Waals surface area contributed by atoms with Crippen LogP contribution >= 0.6 is 27.3 Å². The Kier molecular flexibility index (Phi) is 4.68. The van der Waals surface area contributed by atoms with Crippen molar-refractivity contribution in [3.05, 3.63) is 14.7 Å². The van der Waals surface area contributed by atoms with Crippen molar-refractivity contribution in [3.63, 3.8) is 0 Å². The number of primary amides is 2. The summed E-state index contributed by atoms with van der Waals surface area (Å²) in [6.45, 7) is 1.35. The number of hydrogen-bond donors (Lipinski definition) is 3. The molecule has 0 spiro atoms. The topological polar surface area (TPSA) is 125 Å². The molecule has 9 heteroatoms. The van der Waals surface area contributed by atoms with Crippen LogP contribution in [-0.2, 0) is 9.53 Å². The van der Waals surface area contributed by atoms with E-state index in [0.717, 1.165) is 11.3 Å². The molecule has 0 radical (unpaired) electrons. The van der Waals surface area contributed by atoms with E-state index in [4.69, 9.17) is 11.5 Å². The van der Waals surface area contributed by atoms with Gasteiger partial charge >= 0.3 is 6.09 Å². The van der Waals surface area contributed by atoms with Gasteiger partial charge in [-0.25, -0.2) is 4.79 Å². The molecule has 0 aliphatic carbocycles. The third kappa shape index (κ3) is 3.70. The van der Waals surface area contributed by atoms with Crippen LogP contribution in [0.1, 0.15) is 16.6 Å². The molecule has 1 aromatic rings. The van der Waals surface area contributed by atoms with Crippen molar-refractivity contribution in [2.45, 2.75) is 13.0 Å². The third-order valence-electron chi connectivity index (χ3n) is 1.85. The molecule has 0 aliphatic heterocycles. The van der Waals surface area contributed by atoms with Gasteiger partial charge in [0.1, 0.15) is 4.88 Å². The number of hydrogen-bond acceptors (Lipinski definition) is 5. The Morgan fingerprint density at radius 2 is 2.06 bits per heavy atom. The van der Waals surface area contributed by atoms with E-state index in [1.54, 1.807) is 0 Å². The Labute approximate surface area is 115 Å². The zero-order valence-electron chi connectivity index (χ0n) is 9.23. The minimum Gasteiger partial charge on any atom is -0.437 e. The van der Waals surface area contributed by atoms with Gasteiger partial charge in [0.15, 0.2) is 6.10 Å². The van der Waals surface area contributed by atoms with E-state index in [1.165, 1.54) is 13.0 Å². The van der Waals surface area contributed by atoms with Crippen LogP contribution in [0.5, 0.6) is 0 Å². The van der Waals surface area contributed by atoms with Crippen molar-refractivity contribution < 1.29 is 19.1 Å². The molecule has 0 aromatic carbocycles. The zero-order chi connectivity index (χ0) is 13.9. The number of rotatable bonds is 4. The second-order valence-corrected chi connectivity index (χ2v) is 5.66. The van der Waals surface area contributed by atoms with Gasteiger partial charge in [-0.15, -0.1) is 11.3 Å². The summed E-state index contributed by atoms with van der Waals surface area (Å²) in [6, 6.07) is 1.53. The lowest BCUT2D eigenvalue weighted by Crippen LogP contribution is -2.32. The van der Waals surface area contributed by atoms with Gasteiger partial charge < -0.3 is 21.5 Å². The van der Waals surface area contributed by atoms with Gasteiger partial charge in [-0.3, -0.25) is 9.59 Å². The number of nitrogens with two attached hydrogens (primary N) is 2. The molecule has 0 fully saturated rings. The maximum absolute atomic E-state index is 11.6.